The van der Waals surface area contributed by atoms with Crippen LogP contribution in [-0.2, 0) is 0 Å². The monoisotopic (exact) mass is 294 g/mol. The highest BCUT2D eigenvalue weighted by Crippen LogP contribution is 2.23. The number of benzene rings is 1. The lowest BCUT2D eigenvalue weighted by Gasteiger charge is -2.28. The minimum absolute atomic E-state index is 0.141. The first-order valence-electron chi connectivity index (χ1n) is 7.78. The van der Waals surface area contributed by atoms with Gasteiger partial charge in [-0.05, 0) is 44.9 Å². The lowest BCUT2D eigenvalue weighted by molar-refractivity contribution is 0.0743. The number of aromatic nitrogens is 1. The van der Waals surface area contributed by atoms with Crippen LogP contribution in [0.1, 0.15) is 34.6 Å². The van der Waals surface area contributed by atoms with Crippen LogP contribution >= 0.6 is 0 Å². The number of carbonyl (C=O) groups is 1. The van der Waals surface area contributed by atoms with Gasteiger partial charge in [0.2, 0.25) is 0 Å². The fraction of sp³-hybridized carbons (Fsp3) is 0.316. The Morgan fingerprint density at radius 1 is 1.09 bits per heavy atom. The van der Waals surface area contributed by atoms with E-state index >= 15 is 0 Å². The first kappa shape index (κ1) is 14.6. The van der Waals surface area contributed by atoms with Gasteiger partial charge in [-0.25, -0.2) is 0 Å². The van der Waals surface area contributed by atoms with E-state index in [0.717, 1.165) is 48.6 Å². The number of likely N-dealkylation sites (tertiary alicyclic amines) is 1. The highest BCUT2D eigenvalue weighted by molar-refractivity contribution is 5.96. The molecule has 0 unspecified atom stereocenters. The van der Waals surface area contributed by atoms with E-state index in [9.17, 15) is 4.79 Å². The van der Waals surface area contributed by atoms with Gasteiger partial charge in [-0.3, -0.25) is 4.79 Å². The second-order valence-electron chi connectivity index (χ2n) is 6.00. The van der Waals surface area contributed by atoms with Gasteiger partial charge in [0.05, 0.1) is 5.56 Å². The molecule has 1 fully saturated rings. The van der Waals surface area contributed by atoms with Gasteiger partial charge in [0.15, 0.2) is 0 Å². The van der Waals surface area contributed by atoms with Crippen molar-refractivity contribution in [2.75, 3.05) is 13.1 Å². The Hall–Kier alpha value is -2.29. The summed E-state index contributed by atoms with van der Waals surface area (Å²) in [6.07, 6.45) is 1.84. The molecule has 3 rings (SSSR count). The minimum Gasteiger partial charge on any atom is -0.338 e. The quantitative estimate of drug-likeness (QED) is 0.771. The Bertz CT molecular complexity index is 703. The zero-order valence-corrected chi connectivity index (χ0v) is 13.3. The summed E-state index contributed by atoms with van der Waals surface area (Å²) >= 11 is 0. The number of aryl methyl sites for hydroxylation is 1. The van der Waals surface area contributed by atoms with E-state index in [2.05, 4.69) is 30.2 Å². The Balaban J connectivity index is 1.93. The van der Waals surface area contributed by atoms with Crippen molar-refractivity contribution in [2.24, 2.45) is 0 Å². The van der Waals surface area contributed by atoms with Gasteiger partial charge in [0.25, 0.3) is 5.91 Å². The lowest BCUT2D eigenvalue weighted by atomic mass is 10.0. The number of carbonyl (C=O) groups excluding carboxylic acids is 1. The SMILES string of the molecule is C=C1CCN(C(=O)c2cc(C)n(-c3ccccc3)c2C)CC1. The van der Waals surface area contributed by atoms with Gasteiger partial charge in [-0.1, -0.05) is 30.4 Å². The van der Waals surface area contributed by atoms with Crippen LogP contribution in [0.2, 0.25) is 0 Å². The third-order valence-electron chi connectivity index (χ3n) is 4.43. The number of hydrogen-bond donors (Lipinski definition) is 0. The summed E-state index contributed by atoms with van der Waals surface area (Å²) in [5.41, 5.74) is 5.27. The van der Waals surface area contributed by atoms with E-state index in [1.165, 1.54) is 5.57 Å². The van der Waals surface area contributed by atoms with Crippen LogP contribution in [0.4, 0.5) is 0 Å². The highest BCUT2D eigenvalue weighted by atomic mass is 16.2. The summed E-state index contributed by atoms with van der Waals surface area (Å²) in [6, 6.07) is 12.2. The van der Waals surface area contributed by atoms with E-state index in [4.69, 9.17) is 0 Å². The van der Waals surface area contributed by atoms with Crippen LogP contribution in [0, 0.1) is 13.8 Å². The number of para-hydroxylation sites is 1. The van der Waals surface area contributed by atoms with Crippen LogP contribution in [0.25, 0.3) is 5.69 Å². The molecule has 2 heterocycles. The molecule has 3 nitrogen and oxygen atoms in total. The third-order valence-corrected chi connectivity index (χ3v) is 4.43. The molecule has 1 aliphatic rings. The maximum atomic E-state index is 12.8. The lowest BCUT2D eigenvalue weighted by Crippen LogP contribution is -2.36. The Kier molecular flexibility index (Phi) is 3.88. The largest absolute Gasteiger partial charge is 0.338 e. The predicted octanol–water partition coefficient (Wildman–Crippen LogP) is 3.89. The van der Waals surface area contributed by atoms with Crippen molar-refractivity contribution in [3.63, 3.8) is 0 Å². The van der Waals surface area contributed by atoms with Gasteiger partial charge in [-0.2, -0.15) is 0 Å². The van der Waals surface area contributed by atoms with E-state index in [-0.39, 0.29) is 5.91 Å². The van der Waals surface area contributed by atoms with Crippen molar-refractivity contribution in [3.05, 3.63) is 65.5 Å². The first-order chi connectivity index (χ1) is 10.6. The van der Waals surface area contributed by atoms with Crippen molar-refractivity contribution in [3.8, 4) is 5.69 Å². The van der Waals surface area contributed by atoms with Crippen LogP contribution < -0.4 is 0 Å². The summed E-state index contributed by atoms with van der Waals surface area (Å²) in [4.78, 5) is 14.8. The molecule has 1 amide bonds. The van der Waals surface area contributed by atoms with Gasteiger partial charge in [-0.15, -0.1) is 0 Å². The summed E-state index contributed by atoms with van der Waals surface area (Å²) in [5.74, 6) is 0.141. The fourth-order valence-corrected chi connectivity index (χ4v) is 3.15. The number of nitrogens with zero attached hydrogens (tertiary/aromatic N) is 2. The molecule has 1 saturated heterocycles. The molecule has 1 aromatic carbocycles. The molecule has 0 aliphatic carbocycles. The third kappa shape index (κ3) is 2.59. The summed E-state index contributed by atoms with van der Waals surface area (Å²) in [7, 11) is 0. The molecule has 0 N–H and O–H groups in total. The summed E-state index contributed by atoms with van der Waals surface area (Å²) < 4.78 is 2.15. The highest BCUT2D eigenvalue weighted by Gasteiger charge is 2.23. The van der Waals surface area contributed by atoms with E-state index in [0.29, 0.717) is 0 Å². The van der Waals surface area contributed by atoms with Crippen LogP contribution in [0.15, 0.2) is 48.6 Å². The zero-order chi connectivity index (χ0) is 15.7. The predicted molar refractivity (Wildman–Crippen MR) is 89.5 cm³/mol. The molecule has 114 valence electrons. The average molecular weight is 294 g/mol. The minimum atomic E-state index is 0.141. The molecular weight excluding hydrogens is 272 g/mol. The second-order valence-corrected chi connectivity index (χ2v) is 6.00. The molecular formula is C19H22N2O. The molecule has 1 aromatic heterocycles. The topological polar surface area (TPSA) is 25.2 Å². The molecule has 0 radical (unpaired) electrons. The maximum Gasteiger partial charge on any atom is 0.255 e. The number of rotatable bonds is 2. The maximum absolute atomic E-state index is 12.8. The first-order valence-corrected chi connectivity index (χ1v) is 7.78. The van der Waals surface area contributed by atoms with Gasteiger partial charge >= 0.3 is 0 Å². The van der Waals surface area contributed by atoms with E-state index < -0.39 is 0 Å². The molecule has 3 heteroatoms. The number of piperidine rings is 1. The van der Waals surface area contributed by atoms with Crippen molar-refractivity contribution < 1.29 is 4.79 Å². The molecule has 2 aromatic rings. The van der Waals surface area contributed by atoms with Gasteiger partial charge < -0.3 is 9.47 Å². The summed E-state index contributed by atoms with van der Waals surface area (Å²) in [5, 5.41) is 0. The normalized spacial score (nSPS) is 15.2. The van der Waals surface area contributed by atoms with E-state index in [1.54, 1.807) is 0 Å². The van der Waals surface area contributed by atoms with Gasteiger partial charge in [0, 0.05) is 30.2 Å². The smallest absolute Gasteiger partial charge is 0.255 e. The van der Waals surface area contributed by atoms with Crippen molar-refractivity contribution in [1.82, 2.24) is 9.47 Å². The average Bonchev–Trinajstić information content (AvgIpc) is 2.83. The molecule has 0 bridgehead atoms. The number of amides is 1. The zero-order valence-electron chi connectivity index (χ0n) is 13.3. The Morgan fingerprint density at radius 3 is 2.36 bits per heavy atom. The molecule has 0 spiro atoms. The second kappa shape index (κ2) is 5.84. The van der Waals surface area contributed by atoms with Crippen molar-refractivity contribution in [1.29, 1.82) is 0 Å². The molecule has 22 heavy (non-hydrogen) atoms. The van der Waals surface area contributed by atoms with Crippen LogP contribution in [-0.4, -0.2) is 28.5 Å². The molecule has 0 saturated carbocycles. The van der Waals surface area contributed by atoms with Crippen molar-refractivity contribution >= 4 is 5.91 Å². The van der Waals surface area contributed by atoms with Gasteiger partial charge in [0.1, 0.15) is 0 Å². The number of hydrogen-bond acceptors (Lipinski definition) is 1. The van der Waals surface area contributed by atoms with Crippen LogP contribution in [0.3, 0.4) is 0 Å². The molecule has 0 atom stereocenters. The molecule has 1 aliphatic heterocycles. The van der Waals surface area contributed by atoms with Crippen LogP contribution in [0.5, 0.6) is 0 Å². The standard InChI is InChI=1S/C19H22N2O/c1-14-9-11-20(12-10-14)19(22)18-13-15(2)21(16(18)3)17-7-5-4-6-8-17/h4-8,13H,1,9-12H2,2-3H3. The Morgan fingerprint density at radius 2 is 1.73 bits per heavy atom. The van der Waals surface area contributed by atoms with Crippen molar-refractivity contribution in [2.45, 2.75) is 26.7 Å². The summed E-state index contributed by atoms with van der Waals surface area (Å²) in [6.45, 7) is 9.66. The van der Waals surface area contributed by atoms with E-state index in [1.807, 2.05) is 36.1 Å². The fourth-order valence-electron chi connectivity index (χ4n) is 3.15. The Labute approximate surface area is 131 Å².